The molecule has 1 atom stereocenters. The van der Waals surface area contributed by atoms with Gasteiger partial charge in [0.1, 0.15) is 0 Å². The SMILES string of the molecule is CCCCc1ccc(-n2c(C)cn3c4c(=O)n([C@@H](C)C(C)=O)c(=O)n(C)c4nc23)cc1. The summed E-state index contributed by atoms with van der Waals surface area (Å²) in [6.45, 7) is 7.06. The maximum atomic E-state index is 13.3. The Balaban J connectivity index is 1.97. The van der Waals surface area contributed by atoms with Gasteiger partial charge in [0.15, 0.2) is 16.9 Å². The number of Topliss-reactive ketones (excluding diaryl/α,β-unsaturated/α-hetero) is 1. The number of fused-ring (bicyclic) bond motifs is 3. The van der Waals surface area contributed by atoms with Crippen LogP contribution in [0.3, 0.4) is 0 Å². The first kappa shape index (κ1) is 20.8. The maximum absolute atomic E-state index is 13.3. The van der Waals surface area contributed by atoms with Crippen LogP contribution in [0.15, 0.2) is 40.1 Å². The third-order valence-corrected chi connectivity index (χ3v) is 5.96. The molecule has 3 aromatic heterocycles. The Hall–Kier alpha value is -3.42. The van der Waals surface area contributed by atoms with Gasteiger partial charge in [-0.3, -0.25) is 23.1 Å². The van der Waals surface area contributed by atoms with Crippen LogP contribution in [0.2, 0.25) is 0 Å². The molecular weight excluding hydrogens is 394 g/mol. The van der Waals surface area contributed by atoms with E-state index in [0.717, 1.165) is 35.2 Å². The molecule has 1 aromatic carbocycles. The zero-order valence-corrected chi connectivity index (χ0v) is 18.5. The number of hydrogen-bond acceptors (Lipinski definition) is 4. The number of aromatic nitrogens is 5. The van der Waals surface area contributed by atoms with Gasteiger partial charge in [0.25, 0.3) is 5.56 Å². The molecule has 0 aliphatic carbocycles. The lowest BCUT2D eigenvalue weighted by Crippen LogP contribution is -2.42. The van der Waals surface area contributed by atoms with Crippen molar-refractivity contribution >= 4 is 22.7 Å². The first-order chi connectivity index (χ1) is 14.8. The minimum absolute atomic E-state index is 0.253. The Kier molecular flexibility index (Phi) is 5.16. The van der Waals surface area contributed by atoms with Gasteiger partial charge in [-0.05, 0) is 51.3 Å². The molecule has 0 saturated carbocycles. The molecule has 0 spiro atoms. The van der Waals surface area contributed by atoms with Gasteiger partial charge >= 0.3 is 5.69 Å². The second-order valence-corrected chi connectivity index (χ2v) is 8.13. The van der Waals surface area contributed by atoms with E-state index in [0.29, 0.717) is 11.4 Å². The number of hydrogen-bond donors (Lipinski definition) is 0. The quantitative estimate of drug-likeness (QED) is 0.479. The molecule has 8 heteroatoms. The Morgan fingerprint density at radius 3 is 2.45 bits per heavy atom. The summed E-state index contributed by atoms with van der Waals surface area (Å²) in [6, 6.07) is 7.47. The fourth-order valence-corrected chi connectivity index (χ4v) is 4.01. The number of benzene rings is 1. The lowest BCUT2D eigenvalue weighted by molar-refractivity contribution is -0.119. The van der Waals surface area contributed by atoms with E-state index in [4.69, 9.17) is 0 Å². The Labute approximate surface area is 179 Å². The molecule has 0 fully saturated rings. The molecule has 0 unspecified atom stereocenters. The molecular formula is C23H27N5O3. The molecule has 8 nitrogen and oxygen atoms in total. The first-order valence-corrected chi connectivity index (χ1v) is 10.6. The number of ketones is 1. The van der Waals surface area contributed by atoms with Crippen LogP contribution < -0.4 is 11.2 Å². The number of rotatable bonds is 6. The Bertz CT molecular complexity index is 1420. The van der Waals surface area contributed by atoms with Crippen molar-refractivity contribution in [1.82, 2.24) is 23.1 Å². The van der Waals surface area contributed by atoms with E-state index in [9.17, 15) is 14.4 Å². The highest BCUT2D eigenvalue weighted by molar-refractivity contribution is 5.81. The van der Waals surface area contributed by atoms with E-state index >= 15 is 0 Å². The summed E-state index contributed by atoms with van der Waals surface area (Å²) in [4.78, 5) is 42.6. The maximum Gasteiger partial charge on any atom is 0.333 e. The highest BCUT2D eigenvalue weighted by atomic mass is 16.2. The van der Waals surface area contributed by atoms with E-state index < -0.39 is 17.3 Å². The van der Waals surface area contributed by atoms with E-state index in [1.54, 1.807) is 18.4 Å². The molecule has 0 N–H and O–H groups in total. The van der Waals surface area contributed by atoms with Crippen LogP contribution in [-0.2, 0) is 18.3 Å². The normalized spacial score (nSPS) is 12.7. The second kappa shape index (κ2) is 7.68. The zero-order valence-electron chi connectivity index (χ0n) is 18.5. The summed E-state index contributed by atoms with van der Waals surface area (Å²) < 4.78 is 6.01. The standard InChI is InChI=1S/C23H27N5O3/c1-6-7-8-17-9-11-18(12-10-17)27-14(2)13-26-19-20(24-22(26)27)25(5)23(31)28(21(19)30)15(3)16(4)29/h9-13,15H,6-8H2,1-5H3/t15-/m0/s1. The molecule has 162 valence electrons. The monoisotopic (exact) mass is 421 g/mol. The van der Waals surface area contributed by atoms with Crippen LogP contribution in [0.25, 0.3) is 22.6 Å². The average Bonchev–Trinajstić information content (AvgIpc) is 3.25. The summed E-state index contributed by atoms with van der Waals surface area (Å²) in [6.07, 6.45) is 5.18. The number of aryl methyl sites for hydroxylation is 3. The lowest BCUT2D eigenvalue weighted by atomic mass is 10.1. The zero-order chi connectivity index (χ0) is 22.4. The third kappa shape index (κ3) is 3.22. The van der Waals surface area contributed by atoms with Crippen molar-refractivity contribution in [3.8, 4) is 5.69 Å². The highest BCUT2D eigenvalue weighted by Gasteiger charge is 2.24. The van der Waals surface area contributed by atoms with Gasteiger partial charge in [-0.2, -0.15) is 4.98 Å². The van der Waals surface area contributed by atoms with E-state index in [2.05, 4.69) is 24.0 Å². The predicted octanol–water partition coefficient (Wildman–Crippen LogP) is 2.94. The second-order valence-electron chi connectivity index (χ2n) is 8.13. The van der Waals surface area contributed by atoms with Crippen LogP contribution in [0, 0.1) is 6.92 Å². The fourth-order valence-electron chi connectivity index (χ4n) is 4.01. The summed E-state index contributed by atoms with van der Waals surface area (Å²) >= 11 is 0. The van der Waals surface area contributed by atoms with Gasteiger partial charge in [0.05, 0.1) is 6.04 Å². The summed E-state index contributed by atoms with van der Waals surface area (Å²) in [7, 11) is 1.57. The van der Waals surface area contributed by atoms with Crippen molar-refractivity contribution in [3.05, 3.63) is 62.6 Å². The predicted molar refractivity (Wildman–Crippen MR) is 120 cm³/mol. The van der Waals surface area contributed by atoms with Crippen LogP contribution in [0.5, 0.6) is 0 Å². The Morgan fingerprint density at radius 1 is 1.16 bits per heavy atom. The van der Waals surface area contributed by atoms with Crippen molar-refractivity contribution in [2.75, 3.05) is 0 Å². The van der Waals surface area contributed by atoms with Crippen LogP contribution in [0.1, 0.15) is 50.9 Å². The lowest BCUT2D eigenvalue weighted by Gasteiger charge is -2.12. The van der Waals surface area contributed by atoms with Gasteiger partial charge in [-0.25, -0.2) is 9.36 Å². The molecule has 3 heterocycles. The van der Waals surface area contributed by atoms with Gasteiger partial charge in [0, 0.05) is 24.6 Å². The minimum atomic E-state index is -0.847. The smallest absolute Gasteiger partial charge is 0.298 e. The summed E-state index contributed by atoms with van der Waals surface area (Å²) in [5.74, 6) is 0.297. The largest absolute Gasteiger partial charge is 0.333 e. The van der Waals surface area contributed by atoms with E-state index in [-0.39, 0.29) is 11.3 Å². The molecule has 0 bridgehead atoms. The van der Waals surface area contributed by atoms with Crippen molar-refractivity contribution < 1.29 is 4.79 Å². The molecule has 4 aromatic rings. The van der Waals surface area contributed by atoms with Crippen molar-refractivity contribution in [2.45, 2.75) is 53.0 Å². The van der Waals surface area contributed by atoms with Gasteiger partial charge in [-0.1, -0.05) is 25.5 Å². The molecule has 4 rings (SSSR count). The van der Waals surface area contributed by atoms with Crippen molar-refractivity contribution in [2.24, 2.45) is 7.05 Å². The molecule has 0 radical (unpaired) electrons. The van der Waals surface area contributed by atoms with Gasteiger partial charge < -0.3 is 0 Å². The van der Waals surface area contributed by atoms with Crippen LogP contribution in [0.4, 0.5) is 0 Å². The van der Waals surface area contributed by atoms with Crippen molar-refractivity contribution in [3.63, 3.8) is 0 Å². The summed E-state index contributed by atoms with van der Waals surface area (Å²) in [5, 5.41) is 0. The van der Waals surface area contributed by atoms with Crippen LogP contribution >= 0.6 is 0 Å². The van der Waals surface area contributed by atoms with Gasteiger partial charge in [0.2, 0.25) is 5.78 Å². The van der Waals surface area contributed by atoms with E-state index in [1.165, 1.54) is 17.1 Å². The third-order valence-electron chi connectivity index (χ3n) is 5.96. The molecule has 0 amide bonds. The number of imidazole rings is 2. The highest BCUT2D eigenvalue weighted by Crippen LogP contribution is 2.22. The van der Waals surface area contributed by atoms with E-state index in [1.807, 2.05) is 29.8 Å². The average molecular weight is 422 g/mol. The topological polar surface area (TPSA) is 83.3 Å². The minimum Gasteiger partial charge on any atom is -0.298 e. The summed E-state index contributed by atoms with van der Waals surface area (Å²) in [5.41, 5.74) is 2.64. The molecule has 0 saturated heterocycles. The molecule has 0 aliphatic heterocycles. The first-order valence-electron chi connectivity index (χ1n) is 10.6. The number of carbonyl (C=O) groups excluding carboxylic acids is 1. The molecule has 0 aliphatic rings. The fraction of sp³-hybridized carbons (Fsp3) is 0.391. The van der Waals surface area contributed by atoms with Crippen LogP contribution in [-0.4, -0.2) is 28.9 Å². The number of carbonyl (C=O) groups is 1. The van der Waals surface area contributed by atoms with Gasteiger partial charge in [-0.15, -0.1) is 0 Å². The molecule has 31 heavy (non-hydrogen) atoms. The number of nitrogens with zero attached hydrogens (tertiary/aromatic N) is 5. The Morgan fingerprint density at radius 2 is 1.84 bits per heavy atom. The number of unbranched alkanes of at least 4 members (excludes halogenated alkanes) is 1. The van der Waals surface area contributed by atoms with Crippen molar-refractivity contribution in [1.29, 1.82) is 0 Å².